The van der Waals surface area contributed by atoms with Gasteiger partial charge in [-0.3, -0.25) is 0 Å². The van der Waals surface area contributed by atoms with Crippen LogP contribution in [0.2, 0.25) is 0 Å². The summed E-state index contributed by atoms with van der Waals surface area (Å²) in [4.78, 5) is 0. The molecule has 0 bridgehead atoms. The van der Waals surface area contributed by atoms with E-state index in [1.165, 1.54) is 44.9 Å². The Bertz CT molecular complexity index is 193. The molecule has 0 heterocycles. The molecular weight excluding hydrogens is 172 g/mol. The van der Waals surface area contributed by atoms with Gasteiger partial charge in [-0.25, -0.2) is 0 Å². The second-order valence-corrected chi connectivity index (χ2v) is 4.44. The molecule has 80 valence electrons. The molecule has 0 radical (unpaired) electrons. The van der Waals surface area contributed by atoms with Crippen LogP contribution >= 0.6 is 0 Å². The quantitative estimate of drug-likeness (QED) is 0.676. The maximum Gasteiger partial charge on any atom is 0.107 e. The second-order valence-electron chi connectivity index (χ2n) is 4.44. The van der Waals surface area contributed by atoms with Gasteiger partial charge in [0, 0.05) is 6.42 Å². The van der Waals surface area contributed by atoms with Crippen molar-refractivity contribution in [3.8, 4) is 12.0 Å². The van der Waals surface area contributed by atoms with E-state index in [-0.39, 0.29) is 0 Å². The molecule has 1 heteroatoms. The van der Waals surface area contributed by atoms with Gasteiger partial charge in [0.1, 0.15) is 6.11 Å². The molecule has 0 saturated heterocycles. The fourth-order valence-corrected chi connectivity index (χ4v) is 2.66. The summed E-state index contributed by atoms with van der Waals surface area (Å²) in [6.45, 7) is 2.24. The van der Waals surface area contributed by atoms with Gasteiger partial charge >= 0.3 is 0 Å². The van der Waals surface area contributed by atoms with E-state index in [0.29, 0.717) is 0 Å². The van der Waals surface area contributed by atoms with Crippen molar-refractivity contribution in [1.82, 2.24) is 0 Å². The predicted octanol–water partition coefficient (Wildman–Crippen LogP) is 3.71. The van der Waals surface area contributed by atoms with Gasteiger partial charge in [-0.1, -0.05) is 51.4 Å². The second kappa shape index (κ2) is 6.76. The molecule has 1 rings (SSSR count). The van der Waals surface area contributed by atoms with E-state index < -0.39 is 0 Å². The van der Waals surface area contributed by atoms with Crippen molar-refractivity contribution in [2.24, 2.45) is 11.8 Å². The first-order chi connectivity index (χ1) is 6.88. The molecule has 1 atom stereocenters. The largest absolute Gasteiger partial charge is 0.462 e. The van der Waals surface area contributed by atoms with Crippen LogP contribution in [0.4, 0.5) is 0 Å². The zero-order valence-electron chi connectivity index (χ0n) is 9.26. The molecular formula is C13H22O. The van der Waals surface area contributed by atoms with Crippen molar-refractivity contribution >= 4 is 0 Å². The first-order valence-corrected chi connectivity index (χ1v) is 6.00. The highest BCUT2D eigenvalue weighted by molar-refractivity contribution is 4.93. The van der Waals surface area contributed by atoms with Crippen molar-refractivity contribution < 1.29 is 5.11 Å². The van der Waals surface area contributed by atoms with Crippen LogP contribution in [-0.4, -0.2) is 5.11 Å². The lowest BCUT2D eigenvalue weighted by molar-refractivity contribution is 0.238. The maximum absolute atomic E-state index is 8.52. The molecule has 0 spiro atoms. The van der Waals surface area contributed by atoms with Crippen molar-refractivity contribution in [2.45, 2.75) is 58.3 Å². The van der Waals surface area contributed by atoms with Crippen LogP contribution in [0.3, 0.4) is 0 Å². The molecule has 1 aliphatic rings. The van der Waals surface area contributed by atoms with Crippen molar-refractivity contribution in [1.29, 1.82) is 0 Å². The topological polar surface area (TPSA) is 20.2 Å². The molecule has 0 amide bonds. The Kier molecular flexibility index (Phi) is 5.52. The summed E-state index contributed by atoms with van der Waals surface area (Å²) in [5, 5.41) is 8.52. The van der Waals surface area contributed by atoms with E-state index in [9.17, 15) is 0 Å². The monoisotopic (exact) mass is 194 g/mol. The zero-order valence-corrected chi connectivity index (χ0v) is 9.26. The summed E-state index contributed by atoms with van der Waals surface area (Å²) in [6.07, 6.45) is 12.5. The Morgan fingerprint density at radius 1 is 1.29 bits per heavy atom. The lowest BCUT2D eigenvalue weighted by Crippen LogP contribution is -2.17. The number of aliphatic hydroxyl groups excluding tert-OH is 1. The number of hydrogen-bond donors (Lipinski definition) is 1. The van der Waals surface area contributed by atoms with Crippen molar-refractivity contribution in [3.63, 3.8) is 0 Å². The first-order valence-electron chi connectivity index (χ1n) is 6.00. The SMILES string of the molecule is CCCC(CC#CO)C1CCCCC1. The normalized spacial score (nSPS) is 19.8. The van der Waals surface area contributed by atoms with E-state index in [0.717, 1.165) is 18.3 Å². The van der Waals surface area contributed by atoms with Crippen LogP contribution in [0.5, 0.6) is 0 Å². The fourth-order valence-electron chi connectivity index (χ4n) is 2.66. The van der Waals surface area contributed by atoms with E-state index in [1.54, 1.807) is 0 Å². The Hall–Kier alpha value is -0.640. The summed E-state index contributed by atoms with van der Waals surface area (Å²) >= 11 is 0. The highest BCUT2D eigenvalue weighted by Crippen LogP contribution is 2.33. The van der Waals surface area contributed by atoms with Crippen LogP contribution in [-0.2, 0) is 0 Å². The van der Waals surface area contributed by atoms with Gasteiger partial charge < -0.3 is 5.11 Å². The lowest BCUT2D eigenvalue weighted by Gasteiger charge is -2.28. The fraction of sp³-hybridized carbons (Fsp3) is 0.846. The highest BCUT2D eigenvalue weighted by atomic mass is 16.2. The molecule has 0 aromatic rings. The summed E-state index contributed by atoms with van der Waals surface area (Å²) in [6, 6.07) is 0. The standard InChI is InChI=1S/C13H22O/c1-2-7-12(10-6-11-14)13-8-4-3-5-9-13/h12-14H,2-5,7-10H2,1H3. The number of hydrogen-bond acceptors (Lipinski definition) is 1. The third-order valence-corrected chi connectivity index (χ3v) is 3.42. The van der Waals surface area contributed by atoms with E-state index >= 15 is 0 Å². The van der Waals surface area contributed by atoms with E-state index in [2.05, 4.69) is 12.8 Å². The van der Waals surface area contributed by atoms with E-state index in [4.69, 9.17) is 5.11 Å². The van der Waals surface area contributed by atoms with E-state index in [1.807, 2.05) is 6.11 Å². The zero-order chi connectivity index (χ0) is 10.2. The molecule has 14 heavy (non-hydrogen) atoms. The van der Waals surface area contributed by atoms with Crippen molar-refractivity contribution in [3.05, 3.63) is 0 Å². The Balaban J connectivity index is 2.40. The molecule has 1 nitrogen and oxygen atoms in total. The maximum atomic E-state index is 8.52. The Labute approximate surface area is 87.9 Å². The molecule has 1 aliphatic carbocycles. The molecule has 1 saturated carbocycles. The summed E-state index contributed by atoms with van der Waals surface area (Å²) in [5.41, 5.74) is 0. The van der Waals surface area contributed by atoms with Gasteiger partial charge in [0.2, 0.25) is 0 Å². The van der Waals surface area contributed by atoms with Crippen LogP contribution in [0.25, 0.3) is 0 Å². The Morgan fingerprint density at radius 2 is 2.00 bits per heavy atom. The molecule has 0 aromatic heterocycles. The van der Waals surface area contributed by atoms with Crippen LogP contribution in [0.15, 0.2) is 0 Å². The highest BCUT2D eigenvalue weighted by Gasteiger charge is 2.21. The van der Waals surface area contributed by atoms with Gasteiger partial charge in [-0.2, -0.15) is 0 Å². The van der Waals surface area contributed by atoms with Gasteiger partial charge in [0.15, 0.2) is 0 Å². The molecule has 1 fully saturated rings. The van der Waals surface area contributed by atoms with Gasteiger partial charge in [-0.15, -0.1) is 0 Å². The summed E-state index contributed by atoms with van der Waals surface area (Å²) < 4.78 is 0. The average Bonchev–Trinajstić information content (AvgIpc) is 2.25. The predicted molar refractivity (Wildman–Crippen MR) is 59.3 cm³/mol. The van der Waals surface area contributed by atoms with Gasteiger partial charge in [0.25, 0.3) is 0 Å². The van der Waals surface area contributed by atoms with Crippen LogP contribution < -0.4 is 0 Å². The van der Waals surface area contributed by atoms with Gasteiger partial charge in [0.05, 0.1) is 0 Å². The summed E-state index contributed by atoms with van der Waals surface area (Å²) in [7, 11) is 0. The van der Waals surface area contributed by atoms with Crippen LogP contribution in [0.1, 0.15) is 58.3 Å². The molecule has 0 aliphatic heterocycles. The third kappa shape index (κ3) is 3.62. The minimum absolute atomic E-state index is 0.736. The minimum Gasteiger partial charge on any atom is -0.462 e. The first kappa shape index (κ1) is 11.4. The molecule has 1 N–H and O–H groups in total. The van der Waals surface area contributed by atoms with Gasteiger partial charge in [-0.05, 0) is 18.3 Å². The third-order valence-electron chi connectivity index (χ3n) is 3.42. The lowest BCUT2D eigenvalue weighted by atomic mass is 9.77. The van der Waals surface area contributed by atoms with Crippen LogP contribution in [0, 0.1) is 23.9 Å². The van der Waals surface area contributed by atoms with Crippen molar-refractivity contribution in [2.75, 3.05) is 0 Å². The smallest absolute Gasteiger partial charge is 0.107 e. The Morgan fingerprint density at radius 3 is 2.57 bits per heavy atom. The molecule has 1 unspecified atom stereocenters. The minimum atomic E-state index is 0.736. The average molecular weight is 194 g/mol. The summed E-state index contributed by atoms with van der Waals surface area (Å²) in [5.74, 6) is 4.45. The number of rotatable bonds is 4. The molecule has 0 aromatic carbocycles. The number of aliphatic hydroxyl groups is 1.